The minimum atomic E-state index is -4.43. The molecule has 0 radical (unpaired) electrons. The van der Waals surface area contributed by atoms with Gasteiger partial charge in [0.15, 0.2) is 0 Å². The van der Waals surface area contributed by atoms with Gasteiger partial charge in [-0.05, 0) is 36.6 Å². The molecule has 30 heavy (non-hydrogen) atoms. The van der Waals surface area contributed by atoms with Crippen LogP contribution >= 0.6 is 0 Å². The van der Waals surface area contributed by atoms with E-state index in [1.165, 1.54) is 69.2 Å². The van der Waals surface area contributed by atoms with Crippen LogP contribution in [0.25, 0.3) is 0 Å². The van der Waals surface area contributed by atoms with E-state index in [9.17, 15) is 18.1 Å². The van der Waals surface area contributed by atoms with Crippen LogP contribution in [0.5, 0.6) is 17.2 Å². The third kappa shape index (κ3) is 9.81. The van der Waals surface area contributed by atoms with Gasteiger partial charge in [-0.1, -0.05) is 88.3 Å². The maximum absolute atomic E-state index is 12.3. The maximum atomic E-state index is 12.3. The SMILES string of the molecule is CCCCCCCCCCCc1ccc(Oc2ccccc2S(=O)(=O)O)c([O-])c1.[K+]. The predicted molar refractivity (Wildman–Crippen MR) is 113 cm³/mol. The number of hydrogen-bond acceptors (Lipinski definition) is 4. The van der Waals surface area contributed by atoms with Crippen LogP contribution < -0.4 is 61.2 Å². The second-order valence-electron chi connectivity index (χ2n) is 7.38. The van der Waals surface area contributed by atoms with Gasteiger partial charge >= 0.3 is 51.4 Å². The molecule has 0 aliphatic carbocycles. The van der Waals surface area contributed by atoms with E-state index in [2.05, 4.69) is 6.92 Å². The fraction of sp³-hybridized carbons (Fsp3) is 0.478. The van der Waals surface area contributed by atoms with Gasteiger partial charge in [-0.3, -0.25) is 4.55 Å². The minimum Gasteiger partial charge on any atom is -0.870 e. The van der Waals surface area contributed by atoms with Gasteiger partial charge in [0.25, 0.3) is 10.1 Å². The Kier molecular flexibility index (Phi) is 13.5. The van der Waals surface area contributed by atoms with Gasteiger partial charge in [0.1, 0.15) is 16.4 Å². The summed E-state index contributed by atoms with van der Waals surface area (Å²) in [4.78, 5) is -0.363. The van der Waals surface area contributed by atoms with E-state index in [0.29, 0.717) is 0 Å². The van der Waals surface area contributed by atoms with Crippen LogP contribution in [0.2, 0.25) is 0 Å². The molecular weight excluding hydrogens is 427 g/mol. The Labute approximate surface area is 223 Å². The Morgan fingerprint density at radius 3 is 2.07 bits per heavy atom. The van der Waals surface area contributed by atoms with E-state index in [4.69, 9.17) is 4.74 Å². The molecule has 0 aromatic heterocycles. The number of para-hydroxylation sites is 1. The second-order valence-corrected chi connectivity index (χ2v) is 8.77. The van der Waals surface area contributed by atoms with Gasteiger partial charge in [-0.2, -0.15) is 8.42 Å². The summed E-state index contributed by atoms with van der Waals surface area (Å²) in [6, 6.07) is 10.6. The summed E-state index contributed by atoms with van der Waals surface area (Å²) < 4.78 is 37.6. The molecule has 2 rings (SSSR count). The zero-order valence-electron chi connectivity index (χ0n) is 18.1. The number of aryl methyl sites for hydroxylation is 1. The van der Waals surface area contributed by atoms with Crippen LogP contribution in [0.3, 0.4) is 0 Å². The van der Waals surface area contributed by atoms with Crippen LogP contribution in [0.4, 0.5) is 0 Å². The van der Waals surface area contributed by atoms with Crippen LogP contribution in [0, 0.1) is 0 Å². The fourth-order valence-corrected chi connectivity index (χ4v) is 3.91. The maximum Gasteiger partial charge on any atom is 1.00 e. The minimum absolute atomic E-state index is 0. The normalized spacial score (nSPS) is 11.1. The Morgan fingerprint density at radius 1 is 0.867 bits per heavy atom. The monoisotopic (exact) mass is 458 g/mol. The molecule has 5 nitrogen and oxygen atoms in total. The fourth-order valence-electron chi connectivity index (χ4n) is 3.30. The molecule has 0 unspecified atom stereocenters. The van der Waals surface area contributed by atoms with Gasteiger partial charge in [0, 0.05) is 0 Å². The average Bonchev–Trinajstić information content (AvgIpc) is 2.68. The summed E-state index contributed by atoms with van der Waals surface area (Å²) in [6.07, 6.45) is 12.1. The number of rotatable bonds is 13. The van der Waals surface area contributed by atoms with Crippen molar-refractivity contribution in [3.8, 4) is 17.2 Å². The molecule has 0 fully saturated rings. The van der Waals surface area contributed by atoms with Gasteiger partial charge < -0.3 is 9.84 Å². The molecule has 0 spiro atoms. The molecule has 0 heterocycles. The van der Waals surface area contributed by atoms with Gasteiger partial charge in [0.2, 0.25) is 0 Å². The van der Waals surface area contributed by atoms with Crippen LogP contribution in [-0.4, -0.2) is 13.0 Å². The first-order valence-electron chi connectivity index (χ1n) is 10.5. The quantitative estimate of drug-likeness (QED) is 0.283. The van der Waals surface area contributed by atoms with Crippen molar-refractivity contribution in [2.24, 2.45) is 0 Å². The van der Waals surface area contributed by atoms with Crippen molar-refractivity contribution in [1.29, 1.82) is 0 Å². The van der Waals surface area contributed by atoms with E-state index in [0.717, 1.165) is 24.8 Å². The molecule has 0 amide bonds. The Bertz CT molecular complexity index is 868. The van der Waals surface area contributed by atoms with Crippen molar-refractivity contribution in [3.05, 3.63) is 48.0 Å². The first-order chi connectivity index (χ1) is 13.9. The molecule has 160 valence electrons. The topological polar surface area (TPSA) is 86.7 Å². The van der Waals surface area contributed by atoms with Crippen LogP contribution in [0.1, 0.15) is 70.3 Å². The average molecular weight is 459 g/mol. The summed E-state index contributed by atoms with van der Waals surface area (Å²) in [5.41, 5.74) is 0.952. The molecule has 0 saturated heterocycles. The molecule has 0 saturated carbocycles. The Hall–Kier alpha value is -0.414. The van der Waals surface area contributed by atoms with Crippen molar-refractivity contribution < 1.29 is 74.2 Å². The molecule has 1 N–H and O–H groups in total. The molecule has 0 aliphatic heterocycles. The van der Waals surface area contributed by atoms with E-state index in [1.54, 1.807) is 12.1 Å². The first kappa shape index (κ1) is 27.6. The van der Waals surface area contributed by atoms with Crippen molar-refractivity contribution >= 4 is 10.1 Å². The predicted octanol–water partition coefficient (Wildman–Crippen LogP) is 2.88. The molecule has 2 aromatic rings. The van der Waals surface area contributed by atoms with Gasteiger partial charge in [-0.15, -0.1) is 0 Å². The van der Waals surface area contributed by atoms with Crippen molar-refractivity contribution in [2.75, 3.05) is 0 Å². The Balaban J connectivity index is 0.00000450. The van der Waals surface area contributed by atoms with Gasteiger partial charge in [0.05, 0.1) is 0 Å². The van der Waals surface area contributed by atoms with Crippen molar-refractivity contribution in [3.63, 3.8) is 0 Å². The first-order valence-corrected chi connectivity index (χ1v) is 11.9. The number of unbranched alkanes of at least 4 members (excludes halogenated alkanes) is 8. The molecule has 0 aliphatic rings. The molecule has 7 heteroatoms. The van der Waals surface area contributed by atoms with Crippen molar-refractivity contribution in [2.45, 2.75) is 76.0 Å². The number of hydrogen-bond donors (Lipinski definition) is 1. The van der Waals surface area contributed by atoms with E-state index in [-0.39, 0.29) is 73.5 Å². The number of ether oxygens (including phenoxy) is 1. The second kappa shape index (κ2) is 14.6. The number of benzene rings is 2. The van der Waals surface area contributed by atoms with Crippen LogP contribution in [0.15, 0.2) is 47.4 Å². The smallest absolute Gasteiger partial charge is 0.870 e. The summed E-state index contributed by atoms with van der Waals surface area (Å²) in [5.74, 6) is -0.334. The molecule has 0 atom stereocenters. The van der Waals surface area contributed by atoms with E-state index >= 15 is 0 Å². The molecule has 0 bridgehead atoms. The van der Waals surface area contributed by atoms with Gasteiger partial charge in [-0.25, -0.2) is 0 Å². The zero-order valence-corrected chi connectivity index (χ0v) is 22.0. The largest absolute Gasteiger partial charge is 1.00 e. The third-order valence-electron chi connectivity index (χ3n) is 4.92. The summed E-state index contributed by atoms with van der Waals surface area (Å²) in [5, 5.41) is 12.3. The summed E-state index contributed by atoms with van der Waals surface area (Å²) in [6.45, 7) is 2.23. The summed E-state index contributed by atoms with van der Waals surface area (Å²) in [7, 11) is -4.43. The Morgan fingerprint density at radius 2 is 1.47 bits per heavy atom. The molecule has 2 aromatic carbocycles. The zero-order chi connectivity index (χ0) is 21.1. The third-order valence-corrected chi connectivity index (χ3v) is 5.82. The van der Waals surface area contributed by atoms with E-state index in [1.807, 2.05) is 6.07 Å². The van der Waals surface area contributed by atoms with Crippen molar-refractivity contribution in [1.82, 2.24) is 0 Å². The standard InChI is InChI=1S/C23H32O5S.K/c1-2-3-4-5-6-7-8-9-10-13-19-16-17-21(20(24)18-19)28-22-14-11-12-15-23(22)29(25,26)27;/h11-12,14-18,24H,2-10,13H2,1H3,(H,25,26,27);/q;+1/p-1. The van der Waals surface area contributed by atoms with Crippen LogP contribution in [-0.2, 0) is 16.5 Å². The van der Waals surface area contributed by atoms with E-state index < -0.39 is 10.1 Å². The molecular formula is C23H31KO5S. The summed E-state index contributed by atoms with van der Waals surface area (Å²) >= 11 is 0.